The van der Waals surface area contributed by atoms with Crippen molar-refractivity contribution in [3.63, 3.8) is 0 Å². The summed E-state index contributed by atoms with van der Waals surface area (Å²) in [6, 6.07) is 6.04. The molecule has 5 heteroatoms. The third-order valence-corrected chi connectivity index (χ3v) is 2.17. The van der Waals surface area contributed by atoms with Gasteiger partial charge in [-0.05, 0) is 19.9 Å². The van der Waals surface area contributed by atoms with Gasteiger partial charge in [0, 0.05) is 25.1 Å². The average Bonchev–Trinajstić information content (AvgIpc) is 2.16. The van der Waals surface area contributed by atoms with E-state index in [-0.39, 0.29) is 17.6 Å². The van der Waals surface area contributed by atoms with Crippen LogP contribution in [0.2, 0.25) is 0 Å². The molecule has 0 aliphatic heterocycles. The lowest BCUT2D eigenvalue weighted by molar-refractivity contribution is -0.384. The summed E-state index contributed by atoms with van der Waals surface area (Å²) < 4.78 is 0. The Morgan fingerprint density at radius 2 is 2.06 bits per heavy atom. The van der Waals surface area contributed by atoms with Crippen LogP contribution in [0.25, 0.3) is 0 Å². The van der Waals surface area contributed by atoms with Crippen LogP contribution in [0.15, 0.2) is 24.3 Å². The smallest absolute Gasteiger partial charge is 0.271 e. The maximum atomic E-state index is 11.4. The molecule has 0 unspecified atom stereocenters. The molecular weight excluding hydrogens is 208 g/mol. The predicted octanol–water partition coefficient (Wildman–Crippen LogP) is 2.36. The van der Waals surface area contributed by atoms with E-state index in [1.165, 1.54) is 24.0 Å². The number of carbonyl (C=O) groups is 1. The van der Waals surface area contributed by atoms with Crippen molar-refractivity contribution in [2.45, 2.75) is 26.8 Å². The van der Waals surface area contributed by atoms with Crippen LogP contribution in [-0.2, 0) is 4.79 Å². The van der Waals surface area contributed by atoms with Crippen molar-refractivity contribution in [2.75, 3.05) is 4.90 Å². The Balaban J connectivity index is 3.15. The summed E-state index contributed by atoms with van der Waals surface area (Å²) in [6.45, 7) is 5.17. The number of anilines is 1. The number of hydrogen-bond acceptors (Lipinski definition) is 3. The van der Waals surface area contributed by atoms with Crippen molar-refractivity contribution >= 4 is 17.3 Å². The number of nitrogens with zero attached hydrogens (tertiary/aromatic N) is 2. The molecule has 0 fully saturated rings. The molecule has 0 saturated heterocycles. The van der Waals surface area contributed by atoms with Crippen molar-refractivity contribution in [1.82, 2.24) is 0 Å². The summed E-state index contributed by atoms with van der Waals surface area (Å²) in [5.74, 6) is -0.129. The van der Waals surface area contributed by atoms with Crippen LogP contribution in [0.1, 0.15) is 20.8 Å². The highest BCUT2D eigenvalue weighted by molar-refractivity contribution is 5.92. The predicted molar refractivity (Wildman–Crippen MR) is 61.4 cm³/mol. The number of benzene rings is 1. The van der Waals surface area contributed by atoms with Gasteiger partial charge >= 0.3 is 0 Å². The Morgan fingerprint density at radius 3 is 2.50 bits per heavy atom. The second kappa shape index (κ2) is 4.74. The molecule has 0 aliphatic rings. The van der Waals surface area contributed by atoms with Gasteiger partial charge in [-0.1, -0.05) is 6.07 Å². The van der Waals surface area contributed by atoms with Gasteiger partial charge in [0.1, 0.15) is 0 Å². The quantitative estimate of drug-likeness (QED) is 0.582. The minimum absolute atomic E-state index is 0.00981. The Morgan fingerprint density at radius 1 is 1.44 bits per heavy atom. The zero-order valence-corrected chi connectivity index (χ0v) is 9.51. The number of amides is 1. The van der Waals surface area contributed by atoms with Crippen molar-refractivity contribution in [1.29, 1.82) is 0 Å². The van der Waals surface area contributed by atoms with Crippen LogP contribution in [0.3, 0.4) is 0 Å². The van der Waals surface area contributed by atoms with Crippen LogP contribution in [-0.4, -0.2) is 16.9 Å². The Hall–Kier alpha value is -1.91. The van der Waals surface area contributed by atoms with E-state index in [2.05, 4.69) is 0 Å². The maximum Gasteiger partial charge on any atom is 0.271 e. The van der Waals surface area contributed by atoms with Gasteiger partial charge in [0.25, 0.3) is 5.69 Å². The van der Waals surface area contributed by atoms with E-state index in [1.807, 2.05) is 13.8 Å². The van der Waals surface area contributed by atoms with Crippen molar-refractivity contribution in [2.24, 2.45) is 0 Å². The van der Waals surface area contributed by atoms with Crippen LogP contribution in [0, 0.1) is 10.1 Å². The lowest BCUT2D eigenvalue weighted by Gasteiger charge is -2.25. The van der Waals surface area contributed by atoms with Gasteiger partial charge < -0.3 is 4.90 Å². The molecule has 0 atom stereocenters. The van der Waals surface area contributed by atoms with Gasteiger partial charge in [-0.3, -0.25) is 14.9 Å². The summed E-state index contributed by atoms with van der Waals surface area (Å²) in [5, 5.41) is 10.6. The molecule has 0 bridgehead atoms. The third kappa shape index (κ3) is 2.56. The normalized spacial score (nSPS) is 10.2. The number of nitro groups is 1. The second-order valence-corrected chi connectivity index (χ2v) is 3.76. The fourth-order valence-electron chi connectivity index (χ4n) is 1.60. The maximum absolute atomic E-state index is 11.4. The Kier molecular flexibility index (Phi) is 3.60. The number of non-ortho nitro benzene ring substituents is 1. The number of rotatable bonds is 3. The molecule has 1 aromatic rings. The van der Waals surface area contributed by atoms with Crippen molar-refractivity contribution < 1.29 is 9.72 Å². The molecule has 5 nitrogen and oxygen atoms in total. The molecule has 16 heavy (non-hydrogen) atoms. The summed E-state index contributed by atoms with van der Waals surface area (Å²) in [6.07, 6.45) is 0. The van der Waals surface area contributed by atoms with E-state index in [0.29, 0.717) is 5.69 Å². The molecular formula is C11H14N2O3. The standard InChI is InChI=1S/C11H14N2O3/c1-8(2)12(9(3)14)10-5-4-6-11(7-10)13(15)16/h4-8H,1-3H3. The molecule has 0 N–H and O–H groups in total. The third-order valence-electron chi connectivity index (χ3n) is 2.17. The van der Waals surface area contributed by atoms with Crippen molar-refractivity contribution in [3.05, 3.63) is 34.4 Å². The minimum Gasteiger partial charge on any atom is -0.310 e. The van der Waals surface area contributed by atoms with Crippen LogP contribution < -0.4 is 4.90 Å². The molecule has 0 saturated carbocycles. The molecule has 0 aromatic heterocycles. The van der Waals surface area contributed by atoms with Gasteiger partial charge in [0.05, 0.1) is 10.6 Å². The molecule has 0 radical (unpaired) electrons. The fourth-order valence-corrected chi connectivity index (χ4v) is 1.60. The lowest BCUT2D eigenvalue weighted by Crippen LogP contribution is -2.35. The van der Waals surface area contributed by atoms with E-state index < -0.39 is 4.92 Å². The van der Waals surface area contributed by atoms with E-state index >= 15 is 0 Å². The number of carbonyl (C=O) groups excluding carboxylic acids is 1. The molecule has 1 rings (SSSR count). The molecule has 0 aliphatic carbocycles. The first-order valence-corrected chi connectivity index (χ1v) is 4.97. The topological polar surface area (TPSA) is 63.5 Å². The first kappa shape index (κ1) is 12.2. The van der Waals surface area contributed by atoms with E-state index in [1.54, 1.807) is 12.1 Å². The summed E-state index contributed by atoms with van der Waals surface area (Å²) in [4.78, 5) is 23.1. The number of nitro benzene ring substituents is 1. The zero-order chi connectivity index (χ0) is 12.3. The largest absolute Gasteiger partial charge is 0.310 e. The van der Waals surface area contributed by atoms with Gasteiger partial charge in [0.2, 0.25) is 5.91 Å². The molecule has 1 aromatic carbocycles. The highest BCUT2D eigenvalue weighted by atomic mass is 16.6. The van der Waals surface area contributed by atoms with Crippen molar-refractivity contribution in [3.8, 4) is 0 Å². The average molecular weight is 222 g/mol. The first-order valence-electron chi connectivity index (χ1n) is 4.97. The minimum atomic E-state index is -0.470. The lowest BCUT2D eigenvalue weighted by atomic mass is 10.2. The Labute approximate surface area is 93.8 Å². The Bertz CT molecular complexity index is 415. The van der Waals surface area contributed by atoms with Crippen LogP contribution in [0.5, 0.6) is 0 Å². The summed E-state index contributed by atoms with van der Waals surface area (Å²) >= 11 is 0. The van der Waals surface area contributed by atoms with Gasteiger partial charge in [-0.15, -0.1) is 0 Å². The van der Waals surface area contributed by atoms with Gasteiger partial charge in [-0.2, -0.15) is 0 Å². The molecule has 86 valence electrons. The number of hydrogen-bond donors (Lipinski definition) is 0. The van der Waals surface area contributed by atoms with E-state index in [9.17, 15) is 14.9 Å². The van der Waals surface area contributed by atoms with Crippen LogP contribution in [0.4, 0.5) is 11.4 Å². The SMILES string of the molecule is CC(=O)N(c1cccc([N+](=O)[O-])c1)C(C)C. The van der Waals surface area contributed by atoms with E-state index in [0.717, 1.165) is 0 Å². The van der Waals surface area contributed by atoms with E-state index in [4.69, 9.17) is 0 Å². The zero-order valence-electron chi connectivity index (χ0n) is 9.51. The summed E-state index contributed by atoms with van der Waals surface area (Å²) in [5.41, 5.74) is 0.543. The molecule has 0 heterocycles. The van der Waals surface area contributed by atoms with Crippen LogP contribution >= 0.6 is 0 Å². The second-order valence-electron chi connectivity index (χ2n) is 3.76. The monoisotopic (exact) mass is 222 g/mol. The van der Waals surface area contributed by atoms with Gasteiger partial charge in [0.15, 0.2) is 0 Å². The fraction of sp³-hybridized carbons (Fsp3) is 0.364. The first-order chi connectivity index (χ1) is 7.43. The molecule has 0 spiro atoms. The molecule has 1 amide bonds. The highest BCUT2D eigenvalue weighted by Gasteiger charge is 2.17. The van der Waals surface area contributed by atoms with Gasteiger partial charge in [-0.25, -0.2) is 0 Å². The highest BCUT2D eigenvalue weighted by Crippen LogP contribution is 2.22. The summed E-state index contributed by atoms with van der Waals surface area (Å²) in [7, 11) is 0.